The van der Waals surface area contributed by atoms with Gasteiger partial charge in [0.1, 0.15) is 4.99 Å². The summed E-state index contributed by atoms with van der Waals surface area (Å²) in [6, 6.07) is 7.24. The molecule has 0 aromatic heterocycles. The molecule has 0 saturated heterocycles. The Kier molecular flexibility index (Phi) is 4.17. The highest BCUT2D eigenvalue weighted by molar-refractivity contribution is 7.80. The van der Waals surface area contributed by atoms with Gasteiger partial charge in [0.05, 0.1) is 12.0 Å². The van der Waals surface area contributed by atoms with Crippen molar-refractivity contribution in [3.05, 3.63) is 29.8 Å². The number of benzene rings is 1. The molecule has 0 aliphatic heterocycles. The number of carbonyl (C=O) groups is 1. The average Bonchev–Trinajstić information content (AvgIpc) is 2.34. The van der Waals surface area contributed by atoms with E-state index in [1.807, 2.05) is 18.2 Å². The highest BCUT2D eigenvalue weighted by Crippen LogP contribution is 2.38. The Balaban J connectivity index is 1.99. The van der Waals surface area contributed by atoms with Gasteiger partial charge in [0.2, 0.25) is 5.91 Å². The number of nitrogens with one attached hydrogen (secondary N) is 1. The first kappa shape index (κ1) is 14.0. The van der Waals surface area contributed by atoms with Crippen LogP contribution in [0.2, 0.25) is 0 Å². The van der Waals surface area contributed by atoms with Gasteiger partial charge in [-0.25, -0.2) is 0 Å². The molecule has 0 heterocycles. The second-order valence-electron chi connectivity index (χ2n) is 4.91. The number of nitrogens with two attached hydrogens (primary N) is 1. The number of rotatable bonds is 5. The van der Waals surface area contributed by atoms with E-state index in [1.54, 1.807) is 13.2 Å². The molecule has 2 rings (SSSR count). The van der Waals surface area contributed by atoms with Crippen LogP contribution in [0.1, 0.15) is 31.2 Å². The van der Waals surface area contributed by atoms with Gasteiger partial charge in [0, 0.05) is 18.4 Å². The molecule has 0 radical (unpaired) electrons. The van der Waals surface area contributed by atoms with Gasteiger partial charge in [0.15, 0.2) is 0 Å². The number of hydrogen-bond acceptors (Lipinski definition) is 3. The minimum Gasteiger partial charge on any atom is -0.389 e. The molecule has 4 nitrogen and oxygen atoms in total. The van der Waals surface area contributed by atoms with Crippen molar-refractivity contribution < 1.29 is 9.53 Å². The molecule has 0 atom stereocenters. The fourth-order valence-electron chi connectivity index (χ4n) is 2.27. The largest absolute Gasteiger partial charge is 0.389 e. The zero-order valence-corrected chi connectivity index (χ0v) is 11.8. The number of anilines is 1. The molecule has 0 unspecified atom stereocenters. The predicted molar refractivity (Wildman–Crippen MR) is 79.2 cm³/mol. The van der Waals surface area contributed by atoms with Crippen molar-refractivity contribution in [2.45, 2.75) is 31.3 Å². The summed E-state index contributed by atoms with van der Waals surface area (Å²) >= 11 is 4.91. The Hall–Kier alpha value is -1.46. The third-order valence-corrected chi connectivity index (χ3v) is 3.85. The van der Waals surface area contributed by atoms with Crippen LogP contribution >= 0.6 is 12.2 Å². The lowest BCUT2D eigenvalue weighted by atomic mass is 9.77. The van der Waals surface area contributed by atoms with Crippen molar-refractivity contribution in [3.8, 4) is 0 Å². The van der Waals surface area contributed by atoms with Gasteiger partial charge >= 0.3 is 0 Å². The number of hydrogen-bond donors (Lipinski definition) is 2. The highest BCUT2D eigenvalue weighted by atomic mass is 32.1. The highest BCUT2D eigenvalue weighted by Gasteiger charge is 2.38. The second kappa shape index (κ2) is 5.67. The van der Waals surface area contributed by atoms with Crippen molar-refractivity contribution in [1.82, 2.24) is 0 Å². The summed E-state index contributed by atoms with van der Waals surface area (Å²) in [5, 5.41) is 2.86. The van der Waals surface area contributed by atoms with Crippen LogP contribution in [0.3, 0.4) is 0 Å². The number of thiocarbonyl (C=S) groups is 1. The van der Waals surface area contributed by atoms with E-state index in [0.29, 0.717) is 17.1 Å². The molecule has 1 aromatic rings. The zero-order valence-electron chi connectivity index (χ0n) is 10.9. The minimum absolute atomic E-state index is 0.0401. The first-order chi connectivity index (χ1) is 9.04. The first-order valence-corrected chi connectivity index (χ1v) is 6.70. The number of amides is 1. The van der Waals surface area contributed by atoms with Gasteiger partial charge in [-0.1, -0.05) is 24.4 Å². The van der Waals surface area contributed by atoms with Gasteiger partial charge in [-0.05, 0) is 31.4 Å². The van der Waals surface area contributed by atoms with Crippen LogP contribution < -0.4 is 11.1 Å². The van der Waals surface area contributed by atoms with Gasteiger partial charge in [-0.3, -0.25) is 4.79 Å². The van der Waals surface area contributed by atoms with Crippen LogP contribution in [0.5, 0.6) is 0 Å². The van der Waals surface area contributed by atoms with Crippen LogP contribution in [0.25, 0.3) is 0 Å². The third kappa shape index (κ3) is 3.30. The molecule has 3 N–H and O–H groups in total. The van der Waals surface area contributed by atoms with Gasteiger partial charge in [0.25, 0.3) is 0 Å². The van der Waals surface area contributed by atoms with Crippen LogP contribution in [0.15, 0.2) is 24.3 Å². The van der Waals surface area contributed by atoms with Crippen LogP contribution in [0, 0.1) is 0 Å². The van der Waals surface area contributed by atoms with E-state index in [4.69, 9.17) is 22.7 Å². The second-order valence-corrected chi connectivity index (χ2v) is 5.35. The lowest BCUT2D eigenvalue weighted by molar-refractivity contribution is -0.129. The fraction of sp³-hybridized carbons (Fsp3) is 0.429. The standard InChI is InChI=1S/C14H18N2O2S/c1-18-14(6-3-7-14)9-12(17)16-11-5-2-4-10(8-11)13(15)19/h2,4-5,8H,3,6-7,9H2,1H3,(H2,15,19)(H,16,17). The van der Waals surface area contributed by atoms with Crippen molar-refractivity contribution in [2.75, 3.05) is 12.4 Å². The normalized spacial score (nSPS) is 16.5. The summed E-state index contributed by atoms with van der Waals surface area (Å²) < 4.78 is 5.44. The Morgan fingerprint density at radius 3 is 2.79 bits per heavy atom. The summed E-state index contributed by atoms with van der Waals surface area (Å²) in [5.74, 6) is -0.0401. The topological polar surface area (TPSA) is 64.3 Å². The monoisotopic (exact) mass is 278 g/mol. The van der Waals surface area contributed by atoms with E-state index in [9.17, 15) is 4.79 Å². The van der Waals surface area contributed by atoms with E-state index in [1.165, 1.54) is 0 Å². The molecule has 0 bridgehead atoms. The van der Waals surface area contributed by atoms with Crippen molar-refractivity contribution in [3.63, 3.8) is 0 Å². The molecule has 102 valence electrons. The van der Waals surface area contributed by atoms with Crippen LogP contribution in [0.4, 0.5) is 5.69 Å². The lowest BCUT2D eigenvalue weighted by Crippen LogP contribution is -2.42. The smallest absolute Gasteiger partial charge is 0.227 e. The molecule has 0 spiro atoms. The lowest BCUT2D eigenvalue weighted by Gasteiger charge is -2.39. The molecule has 19 heavy (non-hydrogen) atoms. The predicted octanol–water partition coefficient (Wildman–Crippen LogP) is 2.22. The van der Waals surface area contributed by atoms with Crippen LogP contribution in [-0.4, -0.2) is 23.6 Å². The van der Waals surface area contributed by atoms with E-state index < -0.39 is 0 Å². The molecular weight excluding hydrogens is 260 g/mol. The molecule has 1 amide bonds. The molecule has 1 saturated carbocycles. The summed E-state index contributed by atoms with van der Waals surface area (Å²) in [5.41, 5.74) is 6.76. The fourth-order valence-corrected chi connectivity index (χ4v) is 2.40. The Labute approximate surface area is 118 Å². The first-order valence-electron chi connectivity index (χ1n) is 6.29. The number of carbonyl (C=O) groups excluding carboxylic acids is 1. The van der Waals surface area contributed by atoms with Crippen molar-refractivity contribution >= 4 is 28.8 Å². The zero-order chi connectivity index (χ0) is 13.9. The Morgan fingerprint density at radius 1 is 1.53 bits per heavy atom. The quantitative estimate of drug-likeness (QED) is 0.811. The average molecular weight is 278 g/mol. The summed E-state index contributed by atoms with van der Waals surface area (Å²) in [7, 11) is 1.67. The molecule has 1 aliphatic rings. The molecule has 5 heteroatoms. The van der Waals surface area contributed by atoms with E-state index >= 15 is 0 Å². The summed E-state index contributed by atoms with van der Waals surface area (Å²) in [4.78, 5) is 12.3. The molecule has 1 fully saturated rings. The maximum absolute atomic E-state index is 12.0. The minimum atomic E-state index is -0.259. The Morgan fingerprint density at radius 2 is 2.26 bits per heavy atom. The van der Waals surface area contributed by atoms with Crippen LogP contribution in [-0.2, 0) is 9.53 Å². The molecule has 1 aromatic carbocycles. The number of methoxy groups -OCH3 is 1. The molecule has 1 aliphatic carbocycles. The maximum Gasteiger partial charge on any atom is 0.227 e. The van der Waals surface area contributed by atoms with E-state index in [-0.39, 0.29) is 11.5 Å². The number of ether oxygens (including phenoxy) is 1. The maximum atomic E-state index is 12.0. The SMILES string of the molecule is COC1(CC(=O)Nc2cccc(C(N)=S)c2)CCC1. The van der Waals surface area contributed by atoms with Crippen molar-refractivity contribution in [1.29, 1.82) is 0 Å². The van der Waals surface area contributed by atoms with Gasteiger partial charge < -0.3 is 15.8 Å². The summed E-state index contributed by atoms with van der Waals surface area (Å²) in [6.07, 6.45) is 3.41. The van der Waals surface area contributed by atoms with Crippen molar-refractivity contribution in [2.24, 2.45) is 5.73 Å². The van der Waals surface area contributed by atoms with Gasteiger partial charge in [-0.2, -0.15) is 0 Å². The summed E-state index contributed by atoms with van der Waals surface area (Å²) in [6.45, 7) is 0. The third-order valence-electron chi connectivity index (χ3n) is 3.61. The van der Waals surface area contributed by atoms with Gasteiger partial charge in [-0.15, -0.1) is 0 Å². The Bertz CT molecular complexity index is 492. The molecular formula is C14H18N2O2S. The van der Waals surface area contributed by atoms with E-state index in [0.717, 1.165) is 24.8 Å². The van der Waals surface area contributed by atoms with E-state index in [2.05, 4.69) is 5.32 Å².